The fourth-order valence-corrected chi connectivity index (χ4v) is 3.28. The maximum Gasteiger partial charge on any atom is 0.143 e. The van der Waals surface area contributed by atoms with Gasteiger partial charge in [0.15, 0.2) is 0 Å². The average Bonchev–Trinajstić information content (AvgIpc) is 2.76. The fraction of sp³-hybridized carbons (Fsp3) is 0.0870. The van der Waals surface area contributed by atoms with Crippen LogP contribution in [0.5, 0.6) is 5.75 Å². The summed E-state index contributed by atoms with van der Waals surface area (Å²) >= 11 is 2.20. The van der Waals surface area contributed by atoms with Crippen molar-refractivity contribution in [2.75, 3.05) is 0 Å². The first kappa shape index (κ1) is 20.4. The molecule has 3 rings (SSSR count). The van der Waals surface area contributed by atoms with Crippen LogP contribution in [0.4, 0.5) is 0 Å². The van der Waals surface area contributed by atoms with E-state index in [0.717, 1.165) is 26.0 Å². The molecular weight excluding hydrogens is 477 g/mol. The summed E-state index contributed by atoms with van der Waals surface area (Å²) in [5.74, 6) is 0.736. The number of oxime groups is 1. The van der Waals surface area contributed by atoms with Crippen LogP contribution in [-0.2, 0) is 18.1 Å². The summed E-state index contributed by atoms with van der Waals surface area (Å²) in [6.45, 7) is 0.561. The van der Waals surface area contributed by atoms with Gasteiger partial charge in [0.1, 0.15) is 19.0 Å². The van der Waals surface area contributed by atoms with Gasteiger partial charge in [0.2, 0.25) is 0 Å². The molecule has 0 unspecified atom stereocenters. The fourth-order valence-electron chi connectivity index (χ4n) is 2.59. The van der Waals surface area contributed by atoms with E-state index >= 15 is 0 Å². The van der Waals surface area contributed by atoms with Crippen LogP contribution in [0.2, 0.25) is 0 Å². The summed E-state index contributed by atoms with van der Waals surface area (Å²) in [6.07, 6.45) is 1.62. The number of hydrogen-bond acceptors (Lipinski definition) is 5. The van der Waals surface area contributed by atoms with Crippen molar-refractivity contribution in [3.8, 4) is 17.9 Å². The van der Waals surface area contributed by atoms with Crippen LogP contribution in [0.25, 0.3) is 0 Å². The first-order chi connectivity index (χ1) is 14.2. The number of halogens is 1. The predicted molar refractivity (Wildman–Crippen MR) is 118 cm³/mol. The van der Waals surface area contributed by atoms with Gasteiger partial charge in [-0.05, 0) is 58.5 Å². The molecule has 0 aliphatic carbocycles. The molecule has 0 radical (unpaired) electrons. The molecular formula is C23H16IN3O2. The van der Waals surface area contributed by atoms with Gasteiger partial charge in [0.05, 0.1) is 33.1 Å². The van der Waals surface area contributed by atoms with E-state index in [2.05, 4.69) is 39.9 Å². The molecule has 0 aliphatic rings. The first-order valence-corrected chi connectivity index (χ1v) is 9.83. The van der Waals surface area contributed by atoms with Crippen molar-refractivity contribution in [2.45, 2.75) is 13.2 Å². The zero-order valence-electron chi connectivity index (χ0n) is 15.4. The van der Waals surface area contributed by atoms with Crippen LogP contribution in [0, 0.1) is 26.2 Å². The SMILES string of the molecule is N#Cc1ccccc1CO/N=C\c1ccc(OCc2ccccc2C#N)c(I)c1. The highest BCUT2D eigenvalue weighted by Crippen LogP contribution is 2.23. The zero-order valence-corrected chi connectivity index (χ0v) is 17.5. The Labute approximate surface area is 182 Å². The largest absolute Gasteiger partial charge is 0.488 e. The van der Waals surface area contributed by atoms with Crippen LogP contribution in [-0.4, -0.2) is 6.21 Å². The minimum atomic E-state index is 0.233. The van der Waals surface area contributed by atoms with E-state index in [1.54, 1.807) is 18.3 Å². The number of nitrogens with zero attached hydrogens (tertiary/aromatic N) is 3. The topological polar surface area (TPSA) is 78.4 Å². The van der Waals surface area contributed by atoms with Crippen LogP contribution in [0.1, 0.15) is 27.8 Å². The van der Waals surface area contributed by atoms with Gasteiger partial charge >= 0.3 is 0 Å². The van der Waals surface area contributed by atoms with Gasteiger partial charge in [-0.15, -0.1) is 0 Å². The van der Waals surface area contributed by atoms with Crippen molar-refractivity contribution in [1.29, 1.82) is 10.5 Å². The normalized spacial score (nSPS) is 10.3. The number of nitriles is 2. The Morgan fingerprint density at radius 1 is 0.862 bits per heavy atom. The van der Waals surface area contributed by atoms with E-state index in [1.807, 2.05) is 54.6 Å². The molecule has 0 aliphatic heterocycles. The molecule has 0 saturated heterocycles. The third-order valence-corrected chi connectivity index (χ3v) is 4.95. The van der Waals surface area contributed by atoms with E-state index in [4.69, 9.17) is 20.1 Å². The van der Waals surface area contributed by atoms with Gasteiger partial charge < -0.3 is 9.57 Å². The third-order valence-electron chi connectivity index (χ3n) is 4.11. The highest BCUT2D eigenvalue weighted by atomic mass is 127. The van der Waals surface area contributed by atoms with Crippen molar-refractivity contribution < 1.29 is 9.57 Å². The molecule has 29 heavy (non-hydrogen) atoms. The number of benzene rings is 3. The standard InChI is InChI=1S/C23H16IN3O2/c24-22-11-17(14-27-29-16-21-8-4-2-6-19(21)13-26)9-10-23(22)28-15-20-7-3-1-5-18(20)12-25/h1-11,14H,15-16H2/b27-14-. The Morgan fingerprint density at radius 2 is 1.48 bits per heavy atom. The van der Waals surface area contributed by atoms with Gasteiger partial charge in [-0.1, -0.05) is 41.6 Å². The maximum atomic E-state index is 9.16. The molecule has 0 spiro atoms. The maximum absolute atomic E-state index is 9.16. The molecule has 0 bridgehead atoms. The Balaban J connectivity index is 1.58. The summed E-state index contributed by atoms with van der Waals surface area (Å²) in [7, 11) is 0. The summed E-state index contributed by atoms with van der Waals surface area (Å²) in [4.78, 5) is 5.32. The Hall–Kier alpha value is -3.36. The van der Waals surface area contributed by atoms with Gasteiger partial charge in [0, 0.05) is 11.1 Å². The molecule has 0 N–H and O–H groups in total. The van der Waals surface area contributed by atoms with Gasteiger partial charge in [-0.2, -0.15) is 10.5 Å². The van der Waals surface area contributed by atoms with Crippen LogP contribution in [0.15, 0.2) is 71.9 Å². The molecule has 3 aromatic carbocycles. The summed E-state index contributed by atoms with van der Waals surface area (Å²) in [5.41, 5.74) is 3.71. The smallest absolute Gasteiger partial charge is 0.143 e. The molecule has 0 atom stereocenters. The molecule has 142 valence electrons. The predicted octanol–water partition coefficient (Wildman–Crippen LogP) is 5.16. The number of ether oxygens (including phenoxy) is 1. The second-order valence-electron chi connectivity index (χ2n) is 6.02. The molecule has 0 fully saturated rings. The number of rotatable bonds is 7. The molecule has 6 heteroatoms. The van der Waals surface area contributed by atoms with Crippen LogP contribution < -0.4 is 4.74 Å². The van der Waals surface area contributed by atoms with Crippen molar-refractivity contribution in [3.63, 3.8) is 0 Å². The van der Waals surface area contributed by atoms with E-state index in [1.165, 1.54) is 0 Å². The second kappa shape index (κ2) is 10.3. The van der Waals surface area contributed by atoms with Gasteiger partial charge in [-0.3, -0.25) is 0 Å². The molecule has 0 aromatic heterocycles. The lowest BCUT2D eigenvalue weighted by atomic mass is 10.1. The molecule has 0 saturated carbocycles. The van der Waals surface area contributed by atoms with E-state index in [0.29, 0.717) is 17.7 Å². The quantitative estimate of drug-likeness (QED) is 0.259. The molecule has 5 nitrogen and oxygen atoms in total. The van der Waals surface area contributed by atoms with E-state index in [9.17, 15) is 0 Å². The summed E-state index contributed by atoms with van der Waals surface area (Å²) < 4.78 is 6.79. The minimum absolute atomic E-state index is 0.233. The van der Waals surface area contributed by atoms with E-state index < -0.39 is 0 Å². The third kappa shape index (κ3) is 5.56. The first-order valence-electron chi connectivity index (χ1n) is 8.75. The van der Waals surface area contributed by atoms with Crippen molar-refractivity contribution in [3.05, 3.63) is 98.1 Å². The Bertz CT molecular complexity index is 1110. The highest BCUT2D eigenvalue weighted by Gasteiger charge is 2.06. The lowest BCUT2D eigenvalue weighted by Gasteiger charge is -2.10. The lowest BCUT2D eigenvalue weighted by Crippen LogP contribution is -2.00. The average molecular weight is 493 g/mol. The molecule has 3 aromatic rings. The Morgan fingerprint density at radius 3 is 2.10 bits per heavy atom. The van der Waals surface area contributed by atoms with Crippen molar-refractivity contribution >= 4 is 28.8 Å². The molecule has 0 heterocycles. The molecule has 0 amide bonds. The lowest BCUT2D eigenvalue weighted by molar-refractivity contribution is 0.132. The van der Waals surface area contributed by atoms with Crippen molar-refractivity contribution in [2.24, 2.45) is 5.16 Å². The number of hydrogen-bond donors (Lipinski definition) is 0. The van der Waals surface area contributed by atoms with E-state index in [-0.39, 0.29) is 6.61 Å². The Kier molecular flexibility index (Phi) is 7.21. The highest BCUT2D eigenvalue weighted by molar-refractivity contribution is 14.1. The summed E-state index contributed by atoms with van der Waals surface area (Å²) in [5, 5.41) is 22.2. The van der Waals surface area contributed by atoms with Gasteiger partial charge in [-0.25, -0.2) is 0 Å². The minimum Gasteiger partial charge on any atom is -0.488 e. The van der Waals surface area contributed by atoms with Crippen LogP contribution >= 0.6 is 22.6 Å². The van der Waals surface area contributed by atoms with Crippen molar-refractivity contribution in [1.82, 2.24) is 0 Å². The van der Waals surface area contributed by atoms with Gasteiger partial charge in [0.25, 0.3) is 0 Å². The van der Waals surface area contributed by atoms with Crippen LogP contribution in [0.3, 0.4) is 0 Å². The zero-order chi connectivity index (χ0) is 20.5. The summed E-state index contributed by atoms with van der Waals surface area (Å²) in [6, 6.07) is 24.6. The second-order valence-corrected chi connectivity index (χ2v) is 7.19. The monoisotopic (exact) mass is 493 g/mol.